The fourth-order valence-electron chi connectivity index (χ4n) is 3.34. The smallest absolute Gasteiger partial charge is 0.196 e. The maximum Gasteiger partial charge on any atom is 0.196 e. The Balaban J connectivity index is 1.71. The maximum atomic E-state index is 5.88. The van der Waals surface area contributed by atoms with E-state index in [9.17, 15) is 0 Å². The van der Waals surface area contributed by atoms with E-state index in [1.54, 1.807) is 0 Å². The minimum absolute atomic E-state index is 0.174. The van der Waals surface area contributed by atoms with Crippen LogP contribution in [0.15, 0.2) is 24.3 Å². The first-order valence-corrected chi connectivity index (χ1v) is 9.44. The van der Waals surface area contributed by atoms with Crippen molar-refractivity contribution in [2.24, 2.45) is 11.8 Å². The summed E-state index contributed by atoms with van der Waals surface area (Å²) in [7, 11) is 0. The van der Waals surface area contributed by atoms with Crippen molar-refractivity contribution < 1.29 is 9.47 Å². The minimum atomic E-state index is -0.174. The Morgan fingerprint density at radius 1 is 0.957 bits per heavy atom. The van der Waals surface area contributed by atoms with E-state index < -0.39 is 0 Å². The lowest BCUT2D eigenvalue weighted by Gasteiger charge is -2.22. The van der Waals surface area contributed by atoms with Gasteiger partial charge in [-0.2, -0.15) is 0 Å². The van der Waals surface area contributed by atoms with Crippen molar-refractivity contribution in [1.29, 1.82) is 0 Å². The second-order valence-electron chi connectivity index (χ2n) is 7.45. The molecule has 23 heavy (non-hydrogen) atoms. The zero-order valence-electron chi connectivity index (χ0n) is 15.4. The third kappa shape index (κ3) is 6.18. The summed E-state index contributed by atoms with van der Waals surface area (Å²) in [5, 5.41) is 0. The van der Waals surface area contributed by atoms with Crippen LogP contribution in [0.25, 0.3) is 0 Å². The summed E-state index contributed by atoms with van der Waals surface area (Å²) >= 11 is 0. The van der Waals surface area contributed by atoms with Gasteiger partial charge in [-0.05, 0) is 48.8 Å². The van der Waals surface area contributed by atoms with E-state index in [4.69, 9.17) is 9.47 Å². The highest BCUT2D eigenvalue weighted by atomic mass is 16.7. The molecule has 0 aromatic heterocycles. The molecule has 0 aliphatic heterocycles. The highest BCUT2D eigenvalue weighted by Crippen LogP contribution is 2.27. The van der Waals surface area contributed by atoms with E-state index >= 15 is 0 Å². The molecule has 1 aliphatic rings. The lowest BCUT2D eigenvalue weighted by atomic mass is 9.87. The minimum Gasteiger partial charge on any atom is -0.465 e. The van der Waals surface area contributed by atoms with Crippen LogP contribution in [0.4, 0.5) is 0 Å². The van der Waals surface area contributed by atoms with Crippen molar-refractivity contribution in [3.05, 3.63) is 29.8 Å². The molecule has 0 N–H and O–H groups in total. The number of benzene rings is 1. The van der Waals surface area contributed by atoms with E-state index in [0.717, 1.165) is 18.3 Å². The molecule has 2 nitrogen and oxygen atoms in total. The van der Waals surface area contributed by atoms with Gasteiger partial charge in [-0.1, -0.05) is 65.0 Å². The summed E-state index contributed by atoms with van der Waals surface area (Å²) in [6.07, 6.45) is 7.99. The van der Waals surface area contributed by atoms with Crippen molar-refractivity contribution in [3.8, 4) is 5.75 Å². The quantitative estimate of drug-likeness (QED) is 0.534. The highest BCUT2D eigenvalue weighted by Gasteiger charge is 2.14. The Morgan fingerprint density at radius 2 is 1.61 bits per heavy atom. The van der Waals surface area contributed by atoms with Crippen LogP contribution in [0.5, 0.6) is 5.75 Å². The van der Waals surface area contributed by atoms with Gasteiger partial charge < -0.3 is 9.47 Å². The first-order chi connectivity index (χ1) is 11.1. The first-order valence-electron chi connectivity index (χ1n) is 9.44. The standard InChI is InChI=1S/C21H34O2/c1-16(2)17(3)20-10-12-21(13-11-20)23-18(4)22-15-14-19-8-6-5-7-9-19/h10-13,16-19H,5-9,14-15H2,1-4H3. The Bertz CT molecular complexity index is 432. The molecule has 0 saturated heterocycles. The molecule has 1 aromatic rings. The van der Waals surface area contributed by atoms with E-state index in [1.165, 1.54) is 44.1 Å². The van der Waals surface area contributed by atoms with Crippen LogP contribution in [0, 0.1) is 11.8 Å². The van der Waals surface area contributed by atoms with Gasteiger partial charge >= 0.3 is 0 Å². The van der Waals surface area contributed by atoms with Gasteiger partial charge in [0, 0.05) is 0 Å². The number of hydrogen-bond acceptors (Lipinski definition) is 2. The molecule has 2 atom stereocenters. The molecule has 0 amide bonds. The first kappa shape index (κ1) is 18.3. The lowest BCUT2D eigenvalue weighted by Crippen LogP contribution is -2.19. The van der Waals surface area contributed by atoms with E-state index in [-0.39, 0.29) is 6.29 Å². The fraction of sp³-hybridized carbons (Fsp3) is 0.714. The number of rotatable bonds is 8. The monoisotopic (exact) mass is 318 g/mol. The summed E-state index contributed by atoms with van der Waals surface area (Å²) in [4.78, 5) is 0. The molecule has 1 saturated carbocycles. The molecule has 0 radical (unpaired) electrons. The molecule has 0 spiro atoms. The average molecular weight is 319 g/mol. The van der Waals surface area contributed by atoms with E-state index in [2.05, 4.69) is 45.0 Å². The Kier molecular flexibility index (Phi) is 7.42. The van der Waals surface area contributed by atoms with Crippen molar-refractivity contribution in [2.45, 2.75) is 78.4 Å². The average Bonchev–Trinajstić information content (AvgIpc) is 2.56. The van der Waals surface area contributed by atoms with Gasteiger partial charge in [0.1, 0.15) is 5.75 Å². The Morgan fingerprint density at radius 3 is 2.22 bits per heavy atom. The SMILES string of the molecule is CC(OCCC1CCCCC1)Oc1ccc(C(C)C(C)C)cc1. The van der Waals surface area contributed by atoms with Crippen LogP contribution in [-0.2, 0) is 4.74 Å². The Labute approximate surface area is 142 Å². The summed E-state index contributed by atoms with van der Waals surface area (Å²) < 4.78 is 11.7. The van der Waals surface area contributed by atoms with Crippen molar-refractivity contribution in [3.63, 3.8) is 0 Å². The van der Waals surface area contributed by atoms with Crippen molar-refractivity contribution in [1.82, 2.24) is 0 Å². The third-order valence-electron chi connectivity index (χ3n) is 5.31. The number of ether oxygens (including phenoxy) is 2. The molecule has 1 aliphatic carbocycles. The zero-order valence-corrected chi connectivity index (χ0v) is 15.4. The highest BCUT2D eigenvalue weighted by molar-refractivity contribution is 5.29. The normalized spacial score (nSPS) is 18.8. The van der Waals surface area contributed by atoms with Crippen molar-refractivity contribution >= 4 is 0 Å². The lowest BCUT2D eigenvalue weighted by molar-refractivity contribution is -0.0711. The summed E-state index contributed by atoms with van der Waals surface area (Å²) in [5.74, 6) is 3.00. The topological polar surface area (TPSA) is 18.5 Å². The van der Waals surface area contributed by atoms with Gasteiger partial charge in [-0.15, -0.1) is 0 Å². The van der Waals surface area contributed by atoms with Crippen LogP contribution in [0.3, 0.4) is 0 Å². The molecular formula is C21H34O2. The van der Waals surface area contributed by atoms with Crippen LogP contribution in [-0.4, -0.2) is 12.9 Å². The predicted molar refractivity (Wildman–Crippen MR) is 96.9 cm³/mol. The van der Waals surface area contributed by atoms with Crippen LogP contribution in [0.2, 0.25) is 0 Å². The second kappa shape index (κ2) is 9.32. The molecule has 0 heterocycles. The predicted octanol–water partition coefficient (Wildman–Crippen LogP) is 6.16. The molecule has 2 heteroatoms. The Hall–Kier alpha value is -1.02. The van der Waals surface area contributed by atoms with Gasteiger partial charge in [-0.25, -0.2) is 0 Å². The van der Waals surface area contributed by atoms with Crippen LogP contribution >= 0.6 is 0 Å². The maximum absolute atomic E-state index is 5.88. The molecule has 0 bridgehead atoms. The summed E-state index contributed by atoms with van der Waals surface area (Å²) in [6.45, 7) is 9.60. The molecule has 2 rings (SSSR count). The largest absolute Gasteiger partial charge is 0.465 e. The zero-order chi connectivity index (χ0) is 16.7. The van der Waals surface area contributed by atoms with Gasteiger partial charge in [0.25, 0.3) is 0 Å². The van der Waals surface area contributed by atoms with Crippen LogP contribution < -0.4 is 4.74 Å². The van der Waals surface area contributed by atoms with Gasteiger partial charge in [0.05, 0.1) is 6.61 Å². The molecule has 130 valence electrons. The van der Waals surface area contributed by atoms with Crippen LogP contribution in [0.1, 0.15) is 77.7 Å². The summed E-state index contributed by atoms with van der Waals surface area (Å²) in [6, 6.07) is 8.48. The van der Waals surface area contributed by atoms with Crippen molar-refractivity contribution in [2.75, 3.05) is 6.61 Å². The molecule has 2 unspecified atom stereocenters. The third-order valence-corrected chi connectivity index (χ3v) is 5.31. The molecule has 1 aromatic carbocycles. The van der Waals surface area contributed by atoms with E-state index in [0.29, 0.717) is 11.8 Å². The fourth-order valence-corrected chi connectivity index (χ4v) is 3.34. The number of hydrogen-bond donors (Lipinski definition) is 0. The summed E-state index contributed by atoms with van der Waals surface area (Å²) in [5.41, 5.74) is 1.37. The molecular weight excluding hydrogens is 284 g/mol. The van der Waals surface area contributed by atoms with E-state index in [1.807, 2.05) is 6.92 Å². The van der Waals surface area contributed by atoms with Gasteiger partial charge in [0.15, 0.2) is 6.29 Å². The van der Waals surface area contributed by atoms with Gasteiger partial charge in [0.2, 0.25) is 0 Å². The second-order valence-corrected chi connectivity index (χ2v) is 7.45. The van der Waals surface area contributed by atoms with Gasteiger partial charge in [-0.3, -0.25) is 0 Å². The molecule has 1 fully saturated rings.